The molecular weight excluding hydrogens is 228 g/mol. The van der Waals surface area contributed by atoms with Crippen molar-refractivity contribution in [3.63, 3.8) is 0 Å². The summed E-state index contributed by atoms with van der Waals surface area (Å²) in [7, 11) is 0. The highest BCUT2D eigenvalue weighted by atomic mass is 16.4. The Balaban J connectivity index is 2.43. The van der Waals surface area contributed by atoms with Crippen LogP contribution in [0.25, 0.3) is 0 Å². The van der Waals surface area contributed by atoms with Crippen LogP contribution in [-0.4, -0.2) is 22.8 Å². The van der Waals surface area contributed by atoms with Gasteiger partial charge in [-0.2, -0.15) is 0 Å². The summed E-state index contributed by atoms with van der Waals surface area (Å²) in [5.74, 6) is -0.746. The molecule has 0 radical (unpaired) electrons. The van der Waals surface area contributed by atoms with Gasteiger partial charge in [-0.15, -0.1) is 0 Å². The predicted octanol–water partition coefficient (Wildman–Crippen LogP) is 2.46. The molecule has 1 aromatic carbocycles. The third-order valence-corrected chi connectivity index (χ3v) is 3.97. The summed E-state index contributed by atoms with van der Waals surface area (Å²) in [6.07, 6.45) is 2.04. The van der Waals surface area contributed by atoms with Gasteiger partial charge in [-0.1, -0.05) is 38.1 Å². The Kier molecular flexibility index (Phi) is 3.20. The van der Waals surface area contributed by atoms with Crippen LogP contribution in [0.4, 0.5) is 0 Å². The Labute approximate surface area is 107 Å². The average molecular weight is 248 g/mol. The smallest absolute Gasteiger partial charge is 0.304 e. The number of hydrogen-bond acceptors (Lipinski definition) is 2. The minimum atomic E-state index is -0.746. The van der Waals surface area contributed by atoms with E-state index in [0.717, 1.165) is 24.0 Å². The molecule has 0 amide bonds. The number of carboxylic acids is 1. The molecule has 2 rings (SSSR count). The molecule has 18 heavy (non-hydrogen) atoms. The van der Waals surface area contributed by atoms with Gasteiger partial charge >= 0.3 is 5.97 Å². The lowest BCUT2D eigenvalue weighted by Crippen LogP contribution is -2.27. The second-order valence-electron chi connectivity index (χ2n) is 5.94. The van der Waals surface area contributed by atoms with Crippen molar-refractivity contribution in [3.8, 4) is 0 Å². The second-order valence-corrected chi connectivity index (χ2v) is 5.94. The SMILES string of the molecule is CC(C)(CO)c1ccccc1C1(CC(=O)O)CC1. The Morgan fingerprint density at radius 3 is 2.44 bits per heavy atom. The van der Waals surface area contributed by atoms with Gasteiger partial charge in [0.15, 0.2) is 0 Å². The largest absolute Gasteiger partial charge is 0.481 e. The molecule has 3 nitrogen and oxygen atoms in total. The fourth-order valence-electron chi connectivity index (χ4n) is 2.60. The normalized spacial score (nSPS) is 17.5. The maximum absolute atomic E-state index is 11.0. The van der Waals surface area contributed by atoms with E-state index in [9.17, 15) is 9.90 Å². The van der Waals surface area contributed by atoms with Crippen LogP contribution in [-0.2, 0) is 15.6 Å². The Morgan fingerprint density at radius 1 is 1.33 bits per heavy atom. The van der Waals surface area contributed by atoms with E-state index < -0.39 is 5.97 Å². The zero-order valence-electron chi connectivity index (χ0n) is 10.9. The molecule has 0 atom stereocenters. The first kappa shape index (κ1) is 13.1. The van der Waals surface area contributed by atoms with Crippen LogP contribution in [0.3, 0.4) is 0 Å². The van der Waals surface area contributed by atoms with Gasteiger partial charge in [0.2, 0.25) is 0 Å². The van der Waals surface area contributed by atoms with Crippen LogP contribution in [0.2, 0.25) is 0 Å². The highest BCUT2D eigenvalue weighted by Gasteiger charge is 2.48. The van der Waals surface area contributed by atoms with Crippen molar-refractivity contribution in [2.24, 2.45) is 0 Å². The number of carbonyl (C=O) groups is 1. The molecule has 0 heterocycles. The third kappa shape index (κ3) is 2.27. The summed E-state index contributed by atoms with van der Waals surface area (Å²) < 4.78 is 0. The predicted molar refractivity (Wildman–Crippen MR) is 69.7 cm³/mol. The zero-order chi connectivity index (χ0) is 13.4. The number of aliphatic hydroxyl groups is 1. The lowest BCUT2D eigenvalue weighted by Gasteiger charge is -2.28. The first-order chi connectivity index (χ1) is 8.41. The zero-order valence-corrected chi connectivity index (χ0v) is 10.9. The first-order valence-electron chi connectivity index (χ1n) is 6.34. The van der Waals surface area contributed by atoms with Crippen LogP contribution in [0.5, 0.6) is 0 Å². The maximum atomic E-state index is 11.0. The molecule has 1 fully saturated rings. The van der Waals surface area contributed by atoms with E-state index in [1.54, 1.807) is 0 Å². The van der Waals surface area contributed by atoms with E-state index in [2.05, 4.69) is 0 Å². The minimum Gasteiger partial charge on any atom is -0.481 e. The molecule has 98 valence electrons. The summed E-state index contributed by atoms with van der Waals surface area (Å²) in [6.45, 7) is 4.04. The van der Waals surface area contributed by atoms with Crippen molar-refractivity contribution in [2.75, 3.05) is 6.61 Å². The van der Waals surface area contributed by atoms with Crippen LogP contribution in [0.15, 0.2) is 24.3 Å². The van der Waals surface area contributed by atoms with Gasteiger partial charge in [0.1, 0.15) is 0 Å². The molecule has 1 aliphatic rings. The van der Waals surface area contributed by atoms with E-state index in [4.69, 9.17) is 5.11 Å². The van der Waals surface area contributed by atoms with Crippen molar-refractivity contribution in [1.82, 2.24) is 0 Å². The molecule has 0 spiro atoms. The van der Waals surface area contributed by atoms with Crippen molar-refractivity contribution in [1.29, 1.82) is 0 Å². The fourth-order valence-corrected chi connectivity index (χ4v) is 2.60. The number of carboxylic acid groups (broad SMARTS) is 1. The molecule has 3 heteroatoms. The van der Waals surface area contributed by atoms with Crippen LogP contribution >= 0.6 is 0 Å². The van der Waals surface area contributed by atoms with Gasteiger partial charge in [-0.3, -0.25) is 4.79 Å². The Bertz CT molecular complexity index is 459. The summed E-state index contributed by atoms with van der Waals surface area (Å²) in [5, 5.41) is 18.6. The van der Waals surface area contributed by atoms with Gasteiger partial charge in [-0.25, -0.2) is 0 Å². The highest BCUT2D eigenvalue weighted by Crippen LogP contribution is 2.53. The quantitative estimate of drug-likeness (QED) is 0.841. The Morgan fingerprint density at radius 2 is 1.94 bits per heavy atom. The van der Waals surface area contributed by atoms with Gasteiger partial charge in [0.25, 0.3) is 0 Å². The number of benzene rings is 1. The molecule has 1 aromatic rings. The highest BCUT2D eigenvalue weighted by molar-refractivity contribution is 5.70. The Hall–Kier alpha value is -1.35. The summed E-state index contributed by atoms with van der Waals surface area (Å²) in [5.41, 5.74) is 1.65. The summed E-state index contributed by atoms with van der Waals surface area (Å²) in [4.78, 5) is 11.0. The van der Waals surface area contributed by atoms with Crippen molar-refractivity contribution in [2.45, 2.75) is 43.9 Å². The number of aliphatic carboxylic acids is 1. The van der Waals surface area contributed by atoms with Crippen molar-refractivity contribution < 1.29 is 15.0 Å². The second kappa shape index (κ2) is 4.39. The molecule has 0 bridgehead atoms. The molecule has 1 aliphatic carbocycles. The standard InChI is InChI=1S/C15H20O3/c1-14(2,10-16)11-5-3-4-6-12(11)15(7-8-15)9-13(17)18/h3-6,16H,7-10H2,1-2H3,(H,17,18). The van der Waals surface area contributed by atoms with Gasteiger partial charge in [0.05, 0.1) is 13.0 Å². The molecule has 0 aromatic heterocycles. The van der Waals surface area contributed by atoms with Gasteiger partial charge in [0, 0.05) is 10.8 Å². The van der Waals surface area contributed by atoms with Crippen molar-refractivity contribution in [3.05, 3.63) is 35.4 Å². The third-order valence-electron chi connectivity index (χ3n) is 3.97. The summed E-state index contributed by atoms with van der Waals surface area (Å²) in [6, 6.07) is 7.93. The maximum Gasteiger partial charge on any atom is 0.304 e. The topological polar surface area (TPSA) is 57.5 Å². The van der Waals surface area contributed by atoms with Crippen LogP contribution in [0, 0.1) is 0 Å². The van der Waals surface area contributed by atoms with Gasteiger partial charge in [-0.05, 0) is 24.0 Å². The molecule has 0 unspecified atom stereocenters. The number of rotatable bonds is 5. The number of hydrogen-bond donors (Lipinski definition) is 2. The van der Waals surface area contributed by atoms with E-state index in [1.165, 1.54) is 0 Å². The lowest BCUT2D eigenvalue weighted by molar-refractivity contribution is -0.137. The first-order valence-corrected chi connectivity index (χ1v) is 6.34. The van der Waals surface area contributed by atoms with E-state index in [0.29, 0.717) is 0 Å². The molecule has 1 saturated carbocycles. The average Bonchev–Trinajstić information content (AvgIpc) is 3.09. The van der Waals surface area contributed by atoms with E-state index in [1.807, 2.05) is 38.1 Å². The van der Waals surface area contributed by atoms with E-state index >= 15 is 0 Å². The van der Waals surface area contributed by atoms with Crippen molar-refractivity contribution >= 4 is 5.97 Å². The van der Waals surface area contributed by atoms with Crippen LogP contribution in [0.1, 0.15) is 44.2 Å². The molecule has 0 saturated heterocycles. The summed E-state index contributed by atoms with van der Waals surface area (Å²) >= 11 is 0. The lowest BCUT2D eigenvalue weighted by atomic mass is 9.77. The number of aliphatic hydroxyl groups excluding tert-OH is 1. The minimum absolute atomic E-state index is 0.0627. The van der Waals surface area contributed by atoms with Crippen LogP contribution < -0.4 is 0 Å². The molecule has 2 N–H and O–H groups in total. The van der Waals surface area contributed by atoms with Gasteiger partial charge < -0.3 is 10.2 Å². The van der Waals surface area contributed by atoms with E-state index in [-0.39, 0.29) is 23.9 Å². The molecular formula is C15H20O3. The fraction of sp³-hybridized carbons (Fsp3) is 0.533. The molecule has 0 aliphatic heterocycles. The monoisotopic (exact) mass is 248 g/mol.